The monoisotopic (exact) mass is 170 g/mol. The first kappa shape index (κ1) is 10.0. The van der Waals surface area contributed by atoms with E-state index < -0.39 is 0 Å². The van der Waals surface area contributed by atoms with Crippen LogP contribution in [0.1, 0.15) is 41.5 Å². The molecule has 1 fully saturated rings. The SMILES string of the molecule is CC(C)(C)N1CN(C(C)(C)C)C1. The summed E-state index contributed by atoms with van der Waals surface area (Å²) in [7, 11) is 0. The Morgan fingerprint density at radius 2 is 0.917 bits per heavy atom. The van der Waals surface area contributed by atoms with Crippen molar-refractivity contribution in [1.82, 2.24) is 9.80 Å². The van der Waals surface area contributed by atoms with Gasteiger partial charge in [0.25, 0.3) is 0 Å². The van der Waals surface area contributed by atoms with Gasteiger partial charge in [-0.05, 0) is 41.5 Å². The molecule has 0 radical (unpaired) electrons. The van der Waals surface area contributed by atoms with Gasteiger partial charge in [-0.1, -0.05) is 0 Å². The van der Waals surface area contributed by atoms with Crippen molar-refractivity contribution in [2.45, 2.75) is 52.6 Å². The van der Waals surface area contributed by atoms with Crippen molar-refractivity contribution in [3.8, 4) is 0 Å². The maximum Gasteiger partial charge on any atom is 0.0540 e. The van der Waals surface area contributed by atoms with Crippen LogP contribution < -0.4 is 0 Å². The highest BCUT2D eigenvalue weighted by atomic mass is 15.5. The van der Waals surface area contributed by atoms with Crippen LogP contribution >= 0.6 is 0 Å². The summed E-state index contributed by atoms with van der Waals surface area (Å²) in [6, 6.07) is 0. The Morgan fingerprint density at radius 3 is 1.08 bits per heavy atom. The Balaban J connectivity index is 2.39. The van der Waals surface area contributed by atoms with E-state index in [1.807, 2.05) is 0 Å². The molecule has 0 saturated carbocycles. The van der Waals surface area contributed by atoms with Crippen LogP contribution in [0.5, 0.6) is 0 Å². The third-order valence-corrected chi connectivity index (χ3v) is 2.58. The van der Waals surface area contributed by atoms with Crippen LogP contribution in [0, 0.1) is 0 Å². The van der Waals surface area contributed by atoms with Gasteiger partial charge in [0.2, 0.25) is 0 Å². The van der Waals surface area contributed by atoms with Crippen LogP contribution in [0.4, 0.5) is 0 Å². The zero-order valence-corrected chi connectivity index (χ0v) is 9.31. The van der Waals surface area contributed by atoms with E-state index in [2.05, 4.69) is 51.3 Å². The van der Waals surface area contributed by atoms with Gasteiger partial charge in [0.05, 0.1) is 13.3 Å². The molecule has 1 aliphatic rings. The average Bonchev–Trinajstić information content (AvgIpc) is 1.46. The number of hydrogen-bond donors (Lipinski definition) is 0. The van der Waals surface area contributed by atoms with E-state index in [-0.39, 0.29) is 0 Å². The summed E-state index contributed by atoms with van der Waals surface area (Å²) in [6.07, 6.45) is 0. The largest absolute Gasteiger partial charge is 0.273 e. The molecular formula is C10H22N2. The summed E-state index contributed by atoms with van der Waals surface area (Å²) < 4.78 is 0. The Hall–Kier alpha value is -0.0800. The molecule has 0 N–H and O–H groups in total. The molecule has 0 spiro atoms. The van der Waals surface area contributed by atoms with Crippen molar-refractivity contribution < 1.29 is 0 Å². The molecule has 0 bridgehead atoms. The highest BCUT2D eigenvalue weighted by Gasteiger charge is 2.37. The molecule has 2 nitrogen and oxygen atoms in total. The van der Waals surface area contributed by atoms with E-state index in [1.54, 1.807) is 0 Å². The second-order valence-electron chi connectivity index (χ2n) is 5.70. The van der Waals surface area contributed by atoms with Gasteiger partial charge in [0, 0.05) is 11.1 Å². The van der Waals surface area contributed by atoms with Crippen molar-refractivity contribution >= 4 is 0 Å². The molecule has 0 atom stereocenters. The lowest BCUT2D eigenvalue weighted by Gasteiger charge is -2.54. The molecule has 1 saturated heterocycles. The van der Waals surface area contributed by atoms with Crippen LogP contribution in [0.2, 0.25) is 0 Å². The lowest BCUT2D eigenvalue weighted by atomic mass is 10.0. The van der Waals surface area contributed by atoms with E-state index >= 15 is 0 Å². The average molecular weight is 170 g/mol. The van der Waals surface area contributed by atoms with Crippen molar-refractivity contribution in [2.75, 3.05) is 13.3 Å². The smallest absolute Gasteiger partial charge is 0.0540 e. The van der Waals surface area contributed by atoms with Gasteiger partial charge >= 0.3 is 0 Å². The van der Waals surface area contributed by atoms with Gasteiger partial charge in [-0.2, -0.15) is 0 Å². The normalized spacial score (nSPS) is 22.5. The molecule has 0 aromatic rings. The molecule has 12 heavy (non-hydrogen) atoms. The van der Waals surface area contributed by atoms with E-state index in [0.29, 0.717) is 11.1 Å². The fourth-order valence-electron chi connectivity index (χ4n) is 1.22. The quantitative estimate of drug-likeness (QED) is 0.549. The zero-order valence-electron chi connectivity index (χ0n) is 9.31. The molecule has 0 amide bonds. The summed E-state index contributed by atoms with van der Waals surface area (Å²) in [5.41, 5.74) is 0.670. The molecule has 1 heterocycles. The molecule has 0 unspecified atom stereocenters. The summed E-state index contributed by atoms with van der Waals surface area (Å²) >= 11 is 0. The van der Waals surface area contributed by atoms with Crippen LogP contribution in [0.15, 0.2) is 0 Å². The maximum atomic E-state index is 2.48. The second kappa shape index (κ2) is 2.71. The van der Waals surface area contributed by atoms with E-state index in [4.69, 9.17) is 0 Å². The van der Waals surface area contributed by atoms with Crippen LogP contribution in [0.25, 0.3) is 0 Å². The lowest BCUT2D eigenvalue weighted by molar-refractivity contribution is -0.128. The molecule has 0 aromatic heterocycles. The summed E-state index contributed by atoms with van der Waals surface area (Å²) in [5, 5.41) is 0. The Labute approximate surface area is 76.5 Å². The van der Waals surface area contributed by atoms with Crippen molar-refractivity contribution in [3.63, 3.8) is 0 Å². The van der Waals surface area contributed by atoms with E-state index in [9.17, 15) is 0 Å². The first-order chi connectivity index (χ1) is 5.21. The van der Waals surface area contributed by atoms with Crippen molar-refractivity contribution in [3.05, 3.63) is 0 Å². The Morgan fingerprint density at radius 1 is 0.667 bits per heavy atom. The van der Waals surface area contributed by atoms with Gasteiger partial charge in [-0.25, -0.2) is 0 Å². The number of nitrogens with zero attached hydrogens (tertiary/aromatic N) is 2. The van der Waals surface area contributed by atoms with Crippen LogP contribution in [-0.2, 0) is 0 Å². The zero-order chi connectivity index (χ0) is 9.57. The molecule has 1 rings (SSSR count). The van der Waals surface area contributed by atoms with Crippen molar-refractivity contribution in [1.29, 1.82) is 0 Å². The number of rotatable bonds is 0. The minimum Gasteiger partial charge on any atom is -0.273 e. The van der Waals surface area contributed by atoms with Crippen LogP contribution in [0.3, 0.4) is 0 Å². The van der Waals surface area contributed by atoms with Gasteiger partial charge in [-0.3, -0.25) is 9.80 Å². The lowest BCUT2D eigenvalue weighted by Crippen LogP contribution is -2.66. The fourth-order valence-corrected chi connectivity index (χ4v) is 1.22. The topological polar surface area (TPSA) is 6.48 Å². The third-order valence-electron chi connectivity index (χ3n) is 2.58. The predicted octanol–water partition coefficient (Wildman–Crippen LogP) is 2.12. The highest BCUT2D eigenvalue weighted by molar-refractivity contribution is 4.88. The third kappa shape index (κ3) is 1.99. The summed E-state index contributed by atoms with van der Waals surface area (Å²) in [5.74, 6) is 0. The standard InChI is InChI=1S/C10H22N2/c1-9(2,3)11-7-12(8-11)10(4,5)6/h7-8H2,1-6H3. The molecule has 0 aliphatic carbocycles. The van der Waals surface area contributed by atoms with Crippen LogP contribution in [-0.4, -0.2) is 34.2 Å². The minimum absolute atomic E-state index is 0.335. The molecule has 72 valence electrons. The molecule has 2 heteroatoms. The number of hydrogen-bond acceptors (Lipinski definition) is 2. The van der Waals surface area contributed by atoms with Gasteiger partial charge in [0.1, 0.15) is 0 Å². The summed E-state index contributed by atoms with van der Waals surface area (Å²) in [4.78, 5) is 4.97. The van der Waals surface area contributed by atoms with E-state index in [0.717, 1.165) is 13.3 Å². The first-order valence-corrected chi connectivity index (χ1v) is 4.71. The molecule has 0 aromatic carbocycles. The predicted molar refractivity (Wildman–Crippen MR) is 52.9 cm³/mol. The van der Waals surface area contributed by atoms with Gasteiger partial charge in [0.15, 0.2) is 0 Å². The van der Waals surface area contributed by atoms with Gasteiger partial charge < -0.3 is 0 Å². The highest BCUT2D eigenvalue weighted by Crippen LogP contribution is 2.27. The molecule has 1 aliphatic heterocycles. The maximum absolute atomic E-state index is 2.48. The second-order valence-corrected chi connectivity index (χ2v) is 5.70. The van der Waals surface area contributed by atoms with E-state index in [1.165, 1.54) is 0 Å². The molecular weight excluding hydrogens is 148 g/mol. The van der Waals surface area contributed by atoms with Gasteiger partial charge in [-0.15, -0.1) is 0 Å². The Kier molecular flexibility index (Phi) is 2.26. The Bertz CT molecular complexity index is 138. The van der Waals surface area contributed by atoms with Crippen molar-refractivity contribution in [2.24, 2.45) is 0 Å². The summed E-state index contributed by atoms with van der Waals surface area (Å²) in [6.45, 7) is 15.9. The first-order valence-electron chi connectivity index (χ1n) is 4.71. The minimum atomic E-state index is 0.335. The fraction of sp³-hybridized carbons (Fsp3) is 1.00.